The smallest absolute Gasteiger partial charge is 0.220 e. The molecular weight excluding hydrogens is 713 g/mol. The fraction of sp³-hybridized carbons (Fsp3) is 0.136. The van der Waals surface area contributed by atoms with Crippen molar-refractivity contribution in [1.82, 2.24) is 0 Å². The van der Waals surface area contributed by atoms with E-state index in [-0.39, 0.29) is 37.2 Å². The lowest BCUT2D eigenvalue weighted by Gasteiger charge is -2.19. The Bertz CT molecular complexity index is 2400. The van der Waals surface area contributed by atoms with Crippen LogP contribution in [-0.4, -0.2) is 34.6 Å². The summed E-state index contributed by atoms with van der Waals surface area (Å²) < 4.78 is 12.0. The molecule has 4 N–H and O–H groups in total. The Morgan fingerprint density at radius 2 is 0.714 bits per heavy atom. The van der Waals surface area contributed by atoms with Crippen molar-refractivity contribution in [2.75, 3.05) is 14.2 Å². The average molecular weight is 749 g/mol. The largest absolute Gasteiger partial charge is 0.507 e. The number of nitrogens with zero attached hydrogens (tertiary/aromatic N) is 4. The van der Waals surface area contributed by atoms with Crippen molar-refractivity contribution in [3.63, 3.8) is 0 Å². The van der Waals surface area contributed by atoms with Crippen molar-refractivity contribution in [2.24, 2.45) is 20.5 Å². The number of hydrogen-bond donors (Lipinski definition) is 4. The van der Waals surface area contributed by atoms with Gasteiger partial charge in [0.15, 0.2) is 11.5 Å². The minimum absolute atomic E-state index is 0.0783. The Morgan fingerprint density at radius 1 is 0.411 bits per heavy atom. The van der Waals surface area contributed by atoms with E-state index in [9.17, 15) is 30.0 Å². The van der Waals surface area contributed by atoms with Crippen LogP contribution in [-0.2, 0) is 25.7 Å². The molecule has 0 aliphatic heterocycles. The van der Waals surface area contributed by atoms with Crippen molar-refractivity contribution in [2.45, 2.75) is 25.7 Å². The maximum absolute atomic E-state index is 11.9. The predicted octanol–water partition coefficient (Wildman–Crippen LogP) is 8.75. The van der Waals surface area contributed by atoms with Gasteiger partial charge in [-0.1, -0.05) is 36.4 Å². The molecule has 0 saturated heterocycles. The van der Waals surface area contributed by atoms with Crippen molar-refractivity contribution in [3.8, 4) is 34.5 Å². The SMILES string of the molecule is COc1c2cccc1Cc1cc(N=Nc3ccc(O)c(=O)cc3)cc(c1O)Cc1cccc(c1OC)Cc1cc(N=Nc3ccc(O)c(=O)cc3)cc(c1O)C2. The molecule has 280 valence electrons. The molecule has 0 spiro atoms. The number of fused-ring (bicyclic) bond motifs is 8. The highest BCUT2D eigenvalue weighted by Gasteiger charge is 2.21. The number of methoxy groups -OCH3 is 2. The van der Waals surface area contributed by atoms with Crippen LogP contribution < -0.4 is 20.3 Å². The fourth-order valence-corrected chi connectivity index (χ4v) is 6.78. The lowest BCUT2D eigenvalue weighted by atomic mass is 9.91. The number of aromatic hydroxyl groups is 4. The second kappa shape index (κ2) is 15.9. The summed E-state index contributed by atoms with van der Waals surface area (Å²) in [6, 6.07) is 29.2. The molecule has 0 heterocycles. The number of para-hydroxylation sites is 2. The monoisotopic (exact) mass is 748 g/mol. The maximum atomic E-state index is 11.9. The molecule has 1 aliphatic carbocycles. The summed E-state index contributed by atoms with van der Waals surface area (Å²) >= 11 is 0. The van der Waals surface area contributed by atoms with Crippen LogP contribution >= 0.6 is 0 Å². The Labute approximate surface area is 321 Å². The van der Waals surface area contributed by atoms with E-state index in [2.05, 4.69) is 20.5 Å². The van der Waals surface area contributed by atoms with Gasteiger partial charge in [0.05, 0.1) is 37.0 Å². The van der Waals surface area contributed by atoms with Gasteiger partial charge in [-0.05, 0) is 95.1 Å². The van der Waals surface area contributed by atoms with E-state index >= 15 is 0 Å². The molecule has 8 bridgehead atoms. The summed E-state index contributed by atoms with van der Waals surface area (Å²) in [7, 11) is 3.14. The number of hydrogen-bond acceptors (Lipinski definition) is 12. The topological polar surface area (TPSA) is 183 Å². The van der Waals surface area contributed by atoms with Gasteiger partial charge in [0.2, 0.25) is 10.9 Å². The summed E-state index contributed by atoms with van der Waals surface area (Å²) in [5.74, 6) is 0.498. The van der Waals surface area contributed by atoms with Gasteiger partial charge in [-0.3, -0.25) is 9.59 Å². The van der Waals surface area contributed by atoms with Crippen molar-refractivity contribution in [3.05, 3.63) is 174 Å². The first-order valence-electron chi connectivity index (χ1n) is 17.6. The van der Waals surface area contributed by atoms with Crippen LogP contribution in [0.1, 0.15) is 44.5 Å². The highest BCUT2D eigenvalue weighted by atomic mass is 16.5. The molecule has 0 saturated carbocycles. The summed E-state index contributed by atoms with van der Waals surface area (Å²) in [5, 5.41) is 60.8. The molecular formula is C44H36N4O8. The zero-order chi connectivity index (χ0) is 39.3. The molecule has 0 radical (unpaired) electrons. The quantitative estimate of drug-likeness (QED) is 0.122. The van der Waals surface area contributed by atoms with Gasteiger partial charge in [-0.15, -0.1) is 0 Å². The standard InChI is InChI=1S/C44H36N4O8/c1-55-43-25-5-3-6-26(43)18-30-22-36(48-46-34-11-15-39(51)40(52)16-12-34)24-32(42(30)54)20-28-8-4-7-27(44(28)56-2)19-31-23-35(21-29(17-25)41(31)53)47-45-33-9-13-37(49)38(50)14-10-33/h3-16,21-24,53-54H,17-20H2,1-2H3,(H,49,50)(H,51,52). The molecule has 6 aromatic carbocycles. The molecule has 56 heavy (non-hydrogen) atoms. The first-order valence-corrected chi connectivity index (χ1v) is 17.6. The molecule has 0 unspecified atom stereocenters. The summed E-state index contributed by atoms with van der Waals surface area (Å²) in [6.07, 6.45) is 1.02. The number of phenols is 2. The van der Waals surface area contributed by atoms with E-state index in [1.165, 1.54) is 48.5 Å². The Hall–Kier alpha value is -7.34. The van der Waals surface area contributed by atoms with Crippen LogP contribution in [0, 0.1) is 0 Å². The van der Waals surface area contributed by atoms with Crippen LogP contribution in [0.2, 0.25) is 0 Å². The van der Waals surface area contributed by atoms with E-state index in [0.717, 1.165) is 22.3 Å². The zero-order valence-corrected chi connectivity index (χ0v) is 30.4. The molecule has 12 nitrogen and oxygen atoms in total. The second-order valence-corrected chi connectivity index (χ2v) is 13.2. The van der Waals surface area contributed by atoms with Crippen LogP contribution in [0.3, 0.4) is 0 Å². The van der Waals surface area contributed by atoms with E-state index in [4.69, 9.17) is 9.47 Å². The maximum Gasteiger partial charge on any atom is 0.220 e. The molecule has 6 aromatic rings. The highest BCUT2D eigenvalue weighted by Crippen LogP contribution is 2.41. The predicted molar refractivity (Wildman–Crippen MR) is 211 cm³/mol. The molecule has 7 rings (SSSR count). The third kappa shape index (κ3) is 7.94. The lowest BCUT2D eigenvalue weighted by Crippen LogP contribution is -2.04. The Kier molecular flexibility index (Phi) is 10.5. The number of azo groups is 2. The summed E-state index contributed by atoms with van der Waals surface area (Å²) in [5.41, 5.74) is 5.85. The third-order valence-corrected chi connectivity index (χ3v) is 9.49. The number of rotatable bonds is 6. The Balaban J connectivity index is 1.38. The summed E-state index contributed by atoms with van der Waals surface area (Å²) in [4.78, 5) is 23.8. The molecule has 1 aliphatic rings. The molecule has 0 fully saturated rings. The van der Waals surface area contributed by atoms with Crippen molar-refractivity contribution < 1.29 is 29.9 Å². The van der Waals surface area contributed by atoms with E-state index < -0.39 is 22.4 Å². The van der Waals surface area contributed by atoms with E-state index in [1.807, 2.05) is 36.4 Å². The van der Waals surface area contributed by atoms with Gasteiger partial charge in [-0.25, -0.2) is 0 Å². The molecule has 12 heteroatoms. The van der Waals surface area contributed by atoms with Crippen LogP contribution in [0.15, 0.2) is 139 Å². The minimum Gasteiger partial charge on any atom is -0.507 e. The van der Waals surface area contributed by atoms with Crippen molar-refractivity contribution >= 4 is 22.7 Å². The minimum atomic E-state index is -0.540. The van der Waals surface area contributed by atoms with Crippen LogP contribution in [0.5, 0.6) is 34.5 Å². The van der Waals surface area contributed by atoms with Crippen LogP contribution in [0.25, 0.3) is 0 Å². The molecule has 0 atom stereocenters. The third-order valence-electron chi connectivity index (χ3n) is 9.49. The molecule has 0 aromatic heterocycles. The normalized spacial score (nSPS) is 12.5. The summed E-state index contributed by atoms with van der Waals surface area (Å²) in [6.45, 7) is 0. The van der Waals surface area contributed by atoms with Crippen LogP contribution in [0.4, 0.5) is 22.7 Å². The first kappa shape index (κ1) is 37.0. The Morgan fingerprint density at radius 3 is 1.04 bits per heavy atom. The first-order chi connectivity index (χ1) is 27.1. The van der Waals surface area contributed by atoms with Gasteiger partial charge >= 0.3 is 0 Å². The van der Waals surface area contributed by atoms with E-state index in [0.29, 0.717) is 56.5 Å². The van der Waals surface area contributed by atoms with Gasteiger partial charge < -0.3 is 29.9 Å². The number of phenolic OH excluding ortho intramolecular Hbond substituents is 2. The molecule has 0 amide bonds. The zero-order valence-electron chi connectivity index (χ0n) is 30.4. The van der Waals surface area contributed by atoms with Gasteiger partial charge in [0.25, 0.3) is 0 Å². The van der Waals surface area contributed by atoms with E-state index in [1.54, 1.807) is 38.5 Å². The number of ether oxygens (including phenoxy) is 2. The highest BCUT2D eigenvalue weighted by molar-refractivity contribution is 5.61. The van der Waals surface area contributed by atoms with Gasteiger partial charge in [0.1, 0.15) is 23.0 Å². The van der Waals surface area contributed by atoms with Crippen molar-refractivity contribution in [1.29, 1.82) is 0 Å². The fourth-order valence-electron chi connectivity index (χ4n) is 6.78. The average Bonchev–Trinajstić information content (AvgIpc) is 3.46. The van der Waals surface area contributed by atoms with Gasteiger partial charge in [-0.2, -0.15) is 20.5 Å². The number of benzene rings is 4. The lowest BCUT2D eigenvalue weighted by molar-refractivity contribution is 0.404. The van der Waals surface area contributed by atoms with Gasteiger partial charge in [0, 0.05) is 47.9 Å². The second-order valence-electron chi connectivity index (χ2n) is 13.2.